The van der Waals surface area contributed by atoms with Crippen molar-refractivity contribution in [2.45, 2.75) is 57.0 Å². The van der Waals surface area contributed by atoms with Gasteiger partial charge < -0.3 is 19.7 Å². The summed E-state index contributed by atoms with van der Waals surface area (Å²) in [6.07, 6.45) is -2.06. The number of carbonyl (C=O) groups is 1. The maximum absolute atomic E-state index is 14.1. The fraction of sp³-hybridized carbons (Fsp3) is 0.688. The second kappa shape index (κ2) is 9.20. The molecular formula is C16H23F2N3O6. The third-order valence-corrected chi connectivity index (χ3v) is 4.10. The minimum atomic E-state index is -3.80. The largest absolute Gasteiger partial charge is 0.449 e. The van der Waals surface area contributed by atoms with Crippen molar-refractivity contribution in [3.8, 4) is 0 Å². The molecule has 27 heavy (non-hydrogen) atoms. The summed E-state index contributed by atoms with van der Waals surface area (Å²) in [6, 6.07) is 1.12. The van der Waals surface area contributed by atoms with Crippen LogP contribution in [0.4, 0.5) is 19.4 Å². The van der Waals surface area contributed by atoms with E-state index in [0.717, 1.165) is 31.5 Å². The van der Waals surface area contributed by atoms with E-state index in [-0.39, 0.29) is 12.4 Å². The smallest absolute Gasteiger partial charge is 0.412 e. The highest BCUT2D eigenvalue weighted by molar-refractivity contribution is 5.83. The van der Waals surface area contributed by atoms with Crippen LogP contribution < -0.4 is 11.0 Å². The highest BCUT2D eigenvalue weighted by Gasteiger charge is 2.59. The van der Waals surface area contributed by atoms with E-state index >= 15 is 0 Å². The molecule has 0 radical (unpaired) electrons. The van der Waals surface area contributed by atoms with E-state index in [2.05, 4.69) is 17.2 Å². The number of nitrogens with zero attached hydrogens (tertiary/aromatic N) is 2. The van der Waals surface area contributed by atoms with Crippen molar-refractivity contribution in [3.05, 3.63) is 22.7 Å². The van der Waals surface area contributed by atoms with Crippen LogP contribution in [0.5, 0.6) is 0 Å². The maximum Gasteiger partial charge on any atom is 0.412 e. The zero-order valence-corrected chi connectivity index (χ0v) is 14.8. The number of hydrogen-bond acceptors (Lipinski definition) is 7. The molecule has 0 aromatic carbocycles. The number of carbonyl (C=O) groups excluding carboxylic acids is 1. The summed E-state index contributed by atoms with van der Waals surface area (Å²) >= 11 is 0. The number of aliphatic hydroxyl groups is 2. The van der Waals surface area contributed by atoms with Crippen LogP contribution in [0.3, 0.4) is 0 Å². The molecule has 3 N–H and O–H groups in total. The molecule has 2 heterocycles. The predicted molar refractivity (Wildman–Crippen MR) is 89.6 cm³/mol. The number of hydrogen-bond donors (Lipinski definition) is 3. The Morgan fingerprint density at radius 1 is 1.44 bits per heavy atom. The van der Waals surface area contributed by atoms with Crippen molar-refractivity contribution in [1.29, 1.82) is 0 Å². The molecule has 0 unspecified atom stereocenters. The molecule has 1 aliphatic heterocycles. The molecule has 11 heteroatoms. The van der Waals surface area contributed by atoms with E-state index < -0.39 is 42.7 Å². The van der Waals surface area contributed by atoms with Crippen molar-refractivity contribution >= 4 is 11.9 Å². The van der Waals surface area contributed by atoms with Gasteiger partial charge in [0.15, 0.2) is 6.10 Å². The number of amides is 1. The lowest BCUT2D eigenvalue weighted by Gasteiger charge is -2.21. The molecule has 3 atom stereocenters. The fourth-order valence-electron chi connectivity index (χ4n) is 2.61. The Balaban J connectivity index is 1.99. The Hall–Kier alpha value is -2.11. The van der Waals surface area contributed by atoms with Gasteiger partial charge in [0.05, 0.1) is 13.2 Å². The van der Waals surface area contributed by atoms with Gasteiger partial charge in [0, 0.05) is 6.20 Å². The van der Waals surface area contributed by atoms with Gasteiger partial charge in [0.1, 0.15) is 11.9 Å². The third kappa shape index (κ3) is 4.99. The van der Waals surface area contributed by atoms with Gasteiger partial charge in [-0.05, 0) is 12.5 Å². The number of anilines is 1. The number of ether oxygens (including phenoxy) is 2. The summed E-state index contributed by atoms with van der Waals surface area (Å²) in [5.74, 6) is -3.97. The molecule has 1 amide bonds. The molecule has 152 valence electrons. The molecule has 1 saturated heterocycles. The van der Waals surface area contributed by atoms with Crippen molar-refractivity contribution in [2.75, 3.05) is 18.5 Å². The second-order valence-corrected chi connectivity index (χ2v) is 6.15. The van der Waals surface area contributed by atoms with Gasteiger partial charge in [-0.3, -0.25) is 9.88 Å². The van der Waals surface area contributed by atoms with Crippen molar-refractivity contribution in [1.82, 2.24) is 9.55 Å². The average molecular weight is 391 g/mol. The molecule has 0 aliphatic carbocycles. The number of halogens is 2. The van der Waals surface area contributed by atoms with E-state index in [0.29, 0.717) is 11.0 Å². The number of unbranched alkanes of at least 4 members (excludes halogenated alkanes) is 3. The topological polar surface area (TPSA) is 123 Å². The minimum Gasteiger partial charge on any atom is -0.449 e. The highest BCUT2D eigenvalue weighted by Crippen LogP contribution is 2.41. The summed E-state index contributed by atoms with van der Waals surface area (Å²) in [5.41, 5.74) is -1.12. The zero-order valence-electron chi connectivity index (χ0n) is 14.8. The molecule has 0 spiro atoms. The summed E-state index contributed by atoms with van der Waals surface area (Å²) in [7, 11) is 0. The Morgan fingerprint density at radius 2 is 2.19 bits per heavy atom. The van der Waals surface area contributed by atoms with Gasteiger partial charge in [0.2, 0.25) is 6.23 Å². The van der Waals surface area contributed by atoms with Crippen LogP contribution in [0.1, 0.15) is 38.8 Å². The van der Waals surface area contributed by atoms with Crippen LogP contribution in [-0.4, -0.2) is 57.2 Å². The van der Waals surface area contributed by atoms with Crippen molar-refractivity contribution in [3.63, 3.8) is 0 Å². The highest BCUT2D eigenvalue weighted by atomic mass is 19.3. The molecular weight excluding hydrogens is 368 g/mol. The first kappa shape index (κ1) is 21.2. The molecule has 9 nitrogen and oxygen atoms in total. The van der Waals surface area contributed by atoms with E-state index in [9.17, 15) is 23.5 Å². The SMILES string of the molecule is CCCCCCOC(=O)Nc1ccn([C@@H]2O[C@H](CO)[C@@H](O)C2(F)F)c(=O)n1. The first-order valence-electron chi connectivity index (χ1n) is 8.66. The lowest BCUT2D eigenvalue weighted by Crippen LogP contribution is -2.41. The number of nitrogens with one attached hydrogen (secondary N) is 1. The Bertz CT molecular complexity index is 699. The molecule has 1 aromatic heterocycles. The molecule has 2 rings (SSSR count). The molecule has 0 bridgehead atoms. The van der Waals surface area contributed by atoms with Gasteiger partial charge in [-0.15, -0.1) is 0 Å². The van der Waals surface area contributed by atoms with Gasteiger partial charge in [-0.1, -0.05) is 26.2 Å². The monoisotopic (exact) mass is 391 g/mol. The van der Waals surface area contributed by atoms with Crippen LogP contribution in [0, 0.1) is 0 Å². The Labute approximate surface area is 153 Å². The van der Waals surface area contributed by atoms with Crippen molar-refractivity contribution in [2.24, 2.45) is 0 Å². The number of alkyl halides is 2. The van der Waals surface area contributed by atoms with Gasteiger partial charge in [0.25, 0.3) is 0 Å². The average Bonchev–Trinajstić information content (AvgIpc) is 2.85. The van der Waals surface area contributed by atoms with Crippen LogP contribution in [0.15, 0.2) is 17.1 Å². The summed E-state index contributed by atoms with van der Waals surface area (Å²) in [4.78, 5) is 27.2. The van der Waals surface area contributed by atoms with Gasteiger partial charge >= 0.3 is 17.7 Å². The van der Waals surface area contributed by atoms with Crippen LogP contribution in [0.25, 0.3) is 0 Å². The lowest BCUT2D eigenvalue weighted by molar-refractivity contribution is -0.140. The number of rotatable bonds is 8. The summed E-state index contributed by atoms with van der Waals surface area (Å²) < 4.78 is 38.5. The van der Waals surface area contributed by atoms with E-state index in [1.165, 1.54) is 0 Å². The van der Waals surface area contributed by atoms with Gasteiger partial charge in [-0.2, -0.15) is 13.8 Å². The zero-order chi connectivity index (χ0) is 20.0. The number of aliphatic hydroxyl groups excluding tert-OH is 2. The van der Waals surface area contributed by atoms with Gasteiger partial charge in [-0.25, -0.2) is 9.59 Å². The lowest BCUT2D eigenvalue weighted by atomic mass is 10.1. The number of aromatic nitrogens is 2. The fourth-order valence-corrected chi connectivity index (χ4v) is 2.61. The standard InChI is InChI=1S/C16H23F2N3O6/c1-2-3-4-5-8-26-15(25)20-11-6-7-21(14(24)19-11)13-16(17,18)12(23)10(9-22)27-13/h6-7,10,12-13,22-23H,2-5,8-9H2,1H3,(H,19,20,24,25)/t10-,12-,13-/m1/s1. The van der Waals surface area contributed by atoms with E-state index in [1.807, 2.05) is 0 Å². The first-order chi connectivity index (χ1) is 12.8. The third-order valence-electron chi connectivity index (χ3n) is 4.10. The van der Waals surface area contributed by atoms with Crippen LogP contribution in [0.2, 0.25) is 0 Å². The van der Waals surface area contributed by atoms with E-state index in [1.54, 1.807) is 0 Å². The predicted octanol–water partition coefficient (Wildman–Crippen LogP) is 1.26. The molecule has 1 aromatic rings. The maximum atomic E-state index is 14.1. The molecule has 1 fully saturated rings. The summed E-state index contributed by atoms with van der Waals surface area (Å²) in [6.45, 7) is 1.43. The molecule has 0 saturated carbocycles. The van der Waals surface area contributed by atoms with Crippen molar-refractivity contribution < 1.29 is 33.3 Å². The summed E-state index contributed by atoms with van der Waals surface area (Å²) in [5, 5.41) is 20.7. The molecule has 1 aliphatic rings. The minimum absolute atomic E-state index is 0.171. The first-order valence-corrected chi connectivity index (χ1v) is 8.66. The van der Waals surface area contributed by atoms with Crippen LogP contribution >= 0.6 is 0 Å². The quantitative estimate of drug-likeness (QED) is 0.570. The normalized spacial score (nSPS) is 24.0. The van der Waals surface area contributed by atoms with E-state index in [4.69, 9.17) is 14.6 Å². The Morgan fingerprint density at radius 3 is 2.78 bits per heavy atom. The van der Waals surface area contributed by atoms with Crippen LogP contribution in [-0.2, 0) is 9.47 Å². The Kier molecular flexibility index (Phi) is 7.22. The second-order valence-electron chi connectivity index (χ2n) is 6.15.